The maximum atomic E-state index is 13.0. The van der Waals surface area contributed by atoms with Gasteiger partial charge in [-0.15, -0.1) is 6.42 Å². The molecule has 0 bridgehead atoms. The molecule has 0 N–H and O–H groups in total. The fraction of sp³-hybridized carbons (Fsp3) is 0.154. The van der Waals surface area contributed by atoms with E-state index in [9.17, 15) is 13.2 Å². The molecule has 4 rings (SSSR count). The highest BCUT2D eigenvalue weighted by atomic mass is 32.2. The number of hydrogen-bond acceptors (Lipinski definition) is 5. The first-order chi connectivity index (χ1) is 16.9. The minimum Gasteiger partial charge on any atom is -0.492 e. The van der Waals surface area contributed by atoms with Gasteiger partial charge in [-0.3, -0.25) is 9.10 Å². The number of para-hydroxylation sites is 2. The Morgan fingerprint density at radius 2 is 1.80 bits per heavy atom. The highest BCUT2D eigenvalue weighted by Gasteiger charge is 2.21. The second-order valence-corrected chi connectivity index (χ2v) is 10.4. The summed E-state index contributed by atoms with van der Waals surface area (Å²) < 4.78 is 35.6. The van der Waals surface area contributed by atoms with Gasteiger partial charge in [-0.05, 0) is 55.5 Å². The van der Waals surface area contributed by atoms with Gasteiger partial charge in [0.25, 0.3) is 15.9 Å². The largest absolute Gasteiger partial charge is 0.492 e. The van der Waals surface area contributed by atoms with Crippen molar-refractivity contribution in [2.24, 2.45) is 4.99 Å². The van der Waals surface area contributed by atoms with Crippen LogP contribution in [0.5, 0.6) is 5.75 Å². The van der Waals surface area contributed by atoms with E-state index in [1.807, 2.05) is 31.2 Å². The standard InChI is InChI=1S/C26H23N3O4S2/c1-4-18-29-24-22(33-5-2)12-9-13-23(24)34-26(29)27-25(30)19-14-16-21(17-15-19)35(31,32)28(3)20-10-7-6-8-11-20/h1,6-17H,5,18H2,2-3H3. The fourth-order valence-corrected chi connectivity index (χ4v) is 5.79. The number of ether oxygens (including phenoxy) is 1. The lowest BCUT2D eigenvalue weighted by Gasteiger charge is -2.19. The molecule has 0 aliphatic heterocycles. The zero-order chi connectivity index (χ0) is 25.0. The Labute approximate surface area is 208 Å². The van der Waals surface area contributed by atoms with Crippen molar-refractivity contribution in [2.45, 2.75) is 18.4 Å². The van der Waals surface area contributed by atoms with Gasteiger partial charge in [0.05, 0.1) is 28.4 Å². The molecular formula is C26H23N3O4S2. The van der Waals surface area contributed by atoms with Crippen LogP contribution in [0, 0.1) is 12.3 Å². The summed E-state index contributed by atoms with van der Waals surface area (Å²) in [6, 6.07) is 20.1. The van der Waals surface area contributed by atoms with E-state index in [0.29, 0.717) is 22.8 Å². The Morgan fingerprint density at radius 3 is 2.46 bits per heavy atom. The van der Waals surface area contributed by atoms with Crippen LogP contribution in [0.15, 0.2) is 82.7 Å². The lowest BCUT2D eigenvalue weighted by Crippen LogP contribution is -2.26. The second-order valence-electron chi connectivity index (χ2n) is 7.46. The van der Waals surface area contributed by atoms with Crippen molar-refractivity contribution in [3.05, 3.63) is 83.2 Å². The quantitative estimate of drug-likeness (QED) is 0.351. The Morgan fingerprint density at radius 1 is 1.09 bits per heavy atom. The molecule has 0 spiro atoms. The normalized spacial score (nSPS) is 11.9. The molecule has 4 aromatic rings. The van der Waals surface area contributed by atoms with Gasteiger partial charge in [0.15, 0.2) is 4.80 Å². The van der Waals surface area contributed by atoms with Crippen LogP contribution in [0.3, 0.4) is 0 Å². The van der Waals surface area contributed by atoms with E-state index < -0.39 is 15.9 Å². The summed E-state index contributed by atoms with van der Waals surface area (Å²) in [5.41, 5.74) is 1.59. The minimum atomic E-state index is -3.78. The van der Waals surface area contributed by atoms with E-state index in [1.54, 1.807) is 28.8 Å². The van der Waals surface area contributed by atoms with Crippen LogP contribution < -0.4 is 13.8 Å². The number of anilines is 1. The summed E-state index contributed by atoms with van der Waals surface area (Å²) in [5.74, 6) is 2.77. The summed E-state index contributed by atoms with van der Waals surface area (Å²) in [4.78, 5) is 17.8. The maximum Gasteiger partial charge on any atom is 0.279 e. The molecule has 0 atom stereocenters. The molecule has 7 nitrogen and oxygen atoms in total. The molecule has 0 aliphatic carbocycles. The van der Waals surface area contributed by atoms with Crippen LogP contribution in [-0.4, -0.2) is 32.5 Å². The van der Waals surface area contributed by atoms with E-state index >= 15 is 0 Å². The molecule has 1 heterocycles. The third kappa shape index (κ3) is 4.85. The number of sulfonamides is 1. The van der Waals surface area contributed by atoms with E-state index in [4.69, 9.17) is 11.2 Å². The van der Waals surface area contributed by atoms with Gasteiger partial charge in [-0.1, -0.05) is 41.5 Å². The molecule has 9 heteroatoms. The van der Waals surface area contributed by atoms with Crippen molar-refractivity contribution in [3.8, 4) is 18.1 Å². The number of terminal acetylenes is 1. The summed E-state index contributed by atoms with van der Waals surface area (Å²) in [6.07, 6.45) is 5.57. The van der Waals surface area contributed by atoms with Crippen LogP contribution in [-0.2, 0) is 16.6 Å². The van der Waals surface area contributed by atoms with Gasteiger partial charge in [0, 0.05) is 12.6 Å². The number of benzene rings is 3. The molecule has 3 aromatic carbocycles. The van der Waals surface area contributed by atoms with Crippen LogP contribution in [0.2, 0.25) is 0 Å². The average molecular weight is 506 g/mol. The topological polar surface area (TPSA) is 81.0 Å². The van der Waals surface area contributed by atoms with Crippen LogP contribution in [0.1, 0.15) is 17.3 Å². The number of fused-ring (bicyclic) bond motifs is 1. The van der Waals surface area contributed by atoms with Crippen LogP contribution in [0.4, 0.5) is 5.69 Å². The number of carbonyl (C=O) groups is 1. The second kappa shape index (κ2) is 10.2. The van der Waals surface area contributed by atoms with Gasteiger partial charge in [0.2, 0.25) is 0 Å². The van der Waals surface area contributed by atoms with Crippen molar-refractivity contribution in [1.29, 1.82) is 0 Å². The van der Waals surface area contributed by atoms with E-state index in [2.05, 4.69) is 10.9 Å². The molecule has 0 aliphatic rings. The Bertz CT molecular complexity index is 1580. The molecule has 35 heavy (non-hydrogen) atoms. The van der Waals surface area contributed by atoms with E-state index in [1.165, 1.54) is 47.0 Å². The SMILES string of the molecule is C#CCn1c(=NC(=O)c2ccc(S(=O)(=O)N(C)c3ccccc3)cc2)sc2cccc(OCC)c21. The molecule has 0 saturated carbocycles. The number of hydrogen-bond donors (Lipinski definition) is 0. The summed E-state index contributed by atoms with van der Waals surface area (Å²) in [5, 5.41) is 0. The molecule has 1 amide bonds. The number of thiazole rings is 1. The Balaban J connectivity index is 1.68. The van der Waals surface area contributed by atoms with Crippen LogP contribution >= 0.6 is 11.3 Å². The Kier molecular flexibility index (Phi) is 7.05. The first-order valence-electron chi connectivity index (χ1n) is 10.8. The molecule has 0 saturated heterocycles. The van der Waals surface area contributed by atoms with Gasteiger partial charge in [-0.25, -0.2) is 8.42 Å². The molecule has 178 valence electrons. The fourth-order valence-electron chi connectivity index (χ4n) is 3.55. The molecule has 0 unspecified atom stereocenters. The lowest BCUT2D eigenvalue weighted by atomic mass is 10.2. The van der Waals surface area contributed by atoms with Gasteiger partial charge >= 0.3 is 0 Å². The number of carbonyl (C=O) groups excluding carboxylic acids is 1. The van der Waals surface area contributed by atoms with Crippen molar-refractivity contribution >= 4 is 43.2 Å². The predicted octanol–water partition coefficient (Wildman–Crippen LogP) is 4.30. The van der Waals surface area contributed by atoms with Crippen molar-refractivity contribution < 1.29 is 17.9 Å². The number of rotatable bonds is 7. The van der Waals surface area contributed by atoms with Gasteiger partial charge in [0.1, 0.15) is 11.3 Å². The molecular weight excluding hydrogens is 482 g/mol. The summed E-state index contributed by atoms with van der Waals surface area (Å²) in [7, 11) is -2.29. The maximum absolute atomic E-state index is 13.0. The zero-order valence-electron chi connectivity index (χ0n) is 19.2. The highest BCUT2D eigenvalue weighted by Crippen LogP contribution is 2.28. The summed E-state index contributed by atoms with van der Waals surface area (Å²) >= 11 is 1.33. The van der Waals surface area contributed by atoms with Crippen molar-refractivity contribution in [3.63, 3.8) is 0 Å². The third-order valence-corrected chi connectivity index (χ3v) is 8.13. The number of nitrogens with zero attached hydrogens (tertiary/aromatic N) is 3. The van der Waals surface area contributed by atoms with Crippen molar-refractivity contribution in [1.82, 2.24) is 4.57 Å². The van der Waals surface area contributed by atoms with E-state index in [0.717, 1.165) is 10.2 Å². The Hall–Kier alpha value is -3.87. The number of aromatic nitrogens is 1. The first kappa shape index (κ1) is 24.3. The van der Waals surface area contributed by atoms with Gasteiger partial charge in [-0.2, -0.15) is 4.99 Å². The lowest BCUT2D eigenvalue weighted by molar-refractivity contribution is 0.0997. The first-order valence-corrected chi connectivity index (χ1v) is 13.0. The summed E-state index contributed by atoms with van der Waals surface area (Å²) in [6.45, 7) is 2.61. The average Bonchev–Trinajstić information content (AvgIpc) is 3.22. The predicted molar refractivity (Wildman–Crippen MR) is 138 cm³/mol. The highest BCUT2D eigenvalue weighted by molar-refractivity contribution is 7.92. The number of amides is 1. The molecule has 1 aromatic heterocycles. The van der Waals surface area contributed by atoms with Gasteiger partial charge < -0.3 is 9.30 Å². The smallest absolute Gasteiger partial charge is 0.279 e. The monoisotopic (exact) mass is 505 g/mol. The zero-order valence-corrected chi connectivity index (χ0v) is 20.8. The molecule has 0 fully saturated rings. The van der Waals surface area contributed by atoms with Crippen molar-refractivity contribution in [2.75, 3.05) is 18.0 Å². The van der Waals surface area contributed by atoms with E-state index in [-0.39, 0.29) is 17.0 Å². The third-order valence-electron chi connectivity index (χ3n) is 5.29. The minimum absolute atomic E-state index is 0.0750. The van der Waals surface area contributed by atoms with Crippen LogP contribution in [0.25, 0.3) is 10.2 Å². The molecule has 0 radical (unpaired) electrons.